The molecule has 2 heterocycles. The average Bonchev–Trinajstić information content (AvgIpc) is 3.03. The van der Waals surface area contributed by atoms with Gasteiger partial charge in [-0.05, 0) is 84.0 Å². The van der Waals surface area contributed by atoms with E-state index in [0.717, 1.165) is 57.0 Å². The van der Waals surface area contributed by atoms with Crippen LogP contribution in [0.15, 0.2) is 151 Å². The van der Waals surface area contributed by atoms with Gasteiger partial charge < -0.3 is 14.4 Å². The maximum absolute atomic E-state index is 6.51. The molecule has 0 fully saturated rings. The second-order valence-corrected chi connectivity index (χ2v) is 10.4. The Bertz CT molecular complexity index is 1710. The molecule has 198 valence electrons. The van der Waals surface area contributed by atoms with Gasteiger partial charge in [-0.3, -0.25) is 0 Å². The minimum atomic E-state index is 0.0301. The van der Waals surface area contributed by atoms with Gasteiger partial charge in [0.1, 0.15) is 23.0 Å². The summed E-state index contributed by atoms with van der Waals surface area (Å²) in [7, 11) is 0. The molecular formula is C37H30BNO2. The standard InChI is InChI=1S/C37H30BNO2/c1-3-13-31-33(4-2)40-35-24-27(25-36-37(35)38(31)32-18-11-12-19-34(32)41-36)26-20-22-30(23-21-26)39(28-14-7-5-8-15-28)29-16-9-6-10-17-29/h3-22,24-25,30H,2,23H2,1H3/b13-3-. The molecule has 1 unspecified atom stereocenters. The molecule has 7 rings (SSSR count). The molecule has 0 saturated heterocycles. The summed E-state index contributed by atoms with van der Waals surface area (Å²) >= 11 is 0. The summed E-state index contributed by atoms with van der Waals surface area (Å²) in [5.74, 6) is 3.34. The Hall–Kier alpha value is -4.96. The Morgan fingerprint density at radius 2 is 1.49 bits per heavy atom. The molecule has 4 aromatic carbocycles. The smallest absolute Gasteiger partial charge is 0.260 e. The highest BCUT2D eigenvalue weighted by Crippen LogP contribution is 2.39. The van der Waals surface area contributed by atoms with E-state index in [1.165, 1.54) is 11.4 Å². The van der Waals surface area contributed by atoms with Gasteiger partial charge >= 0.3 is 0 Å². The zero-order chi connectivity index (χ0) is 27.8. The van der Waals surface area contributed by atoms with Crippen LogP contribution in [0.2, 0.25) is 0 Å². The topological polar surface area (TPSA) is 21.7 Å². The fourth-order valence-corrected chi connectivity index (χ4v) is 6.19. The Kier molecular flexibility index (Phi) is 6.44. The average molecular weight is 531 g/mol. The van der Waals surface area contributed by atoms with Crippen LogP contribution < -0.4 is 25.3 Å². The van der Waals surface area contributed by atoms with Crippen LogP contribution in [0.25, 0.3) is 5.57 Å². The van der Waals surface area contributed by atoms with E-state index in [9.17, 15) is 0 Å². The lowest BCUT2D eigenvalue weighted by Gasteiger charge is -2.34. The highest BCUT2D eigenvalue weighted by molar-refractivity contribution is 6.93. The Labute approximate surface area is 242 Å². The molecule has 1 aliphatic carbocycles. The number of ether oxygens (including phenoxy) is 2. The number of para-hydroxylation sites is 3. The molecule has 0 N–H and O–H groups in total. The second kappa shape index (κ2) is 10.6. The lowest BCUT2D eigenvalue weighted by Crippen LogP contribution is -2.51. The summed E-state index contributed by atoms with van der Waals surface area (Å²) in [6.45, 7) is 6.13. The summed E-state index contributed by atoms with van der Waals surface area (Å²) < 4.78 is 13.0. The molecule has 4 aromatic rings. The fraction of sp³-hybridized carbons (Fsp3) is 0.0811. The number of benzene rings is 4. The monoisotopic (exact) mass is 531 g/mol. The number of hydrogen-bond acceptors (Lipinski definition) is 3. The number of hydrogen-bond donors (Lipinski definition) is 0. The number of rotatable bonds is 6. The van der Waals surface area contributed by atoms with Crippen molar-refractivity contribution in [3.63, 3.8) is 0 Å². The summed E-state index contributed by atoms with van der Waals surface area (Å²) in [5.41, 5.74) is 7.91. The Balaban J connectivity index is 1.26. The lowest BCUT2D eigenvalue weighted by molar-refractivity contribution is 0.434. The minimum Gasteiger partial charge on any atom is -0.458 e. The van der Waals surface area contributed by atoms with Gasteiger partial charge in [-0.1, -0.05) is 91.6 Å². The molecular weight excluding hydrogens is 501 g/mol. The van der Waals surface area contributed by atoms with Gasteiger partial charge in [-0.25, -0.2) is 0 Å². The molecule has 3 nitrogen and oxygen atoms in total. The van der Waals surface area contributed by atoms with Crippen LogP contribution in [-0.4, -0.2) is 12.8 Å². The summed E-state index contributed by atoms with van der Waals surface area (Å²) in [6, 6.07) is 34.0. The van der Waals surface area contributed by atoms with Crippen molar-refractivity contribution < 1.29 is 9.47 Å². The third-order valence-electron chi connectivity index (χ3n) is 8.00. The molecule has 0 aromatic heterocycles. The summed E-state index contributed by atoms with van der Waals surface area (Å²) in [4.78, 5) is 2.40. The molecule has 2 aliphatic heterocycles. The van der Waals surface area contributed by atoms with E-state index < -0.39 is 0 Å². The Morgan fingerprint density at radius 3 is 2.12 bits per heavy atom. The van der Waals surface area contributed by atoms with Crippen LogP contribution >= 0.6 is 0 Å². The quantitative estimate of drug-likeness (QED) is 0.236. The van der Waals surface area contributed by atoms with Gasteiger partial charge in [0.05, 0.1) is 6.04 Å². The maximum Gasteiger partial charge on any atom is 0.260 e. The van der Waals surface area contributed by atoms with E-state index in [1.807, 2.05) is 25.1 Å². The first-order valence-corrected chi connectivity index (χ1v) is 14.1. The SMILES string of the molecule is C=CC1=C(/C=C\C)B2c3ccccc3Oc3cc(C4=CCC(N(c5ccccc5)c5ccccc5)C=C4)cc(c32)O1. The number of fused-ring (bicyclic) bond motifs is 2. The first kappa shape index (κ1) is 25.0. The first-order valence-electron chi connectivity index (χ1n) is 14.1. The van der Waals surface area contributed by atoms with Gasteiger partial charge in [0.2, 0.25) is 0 Å². The Morgan fingerprint density at radius 1 is 0.829 bits per heavy atom. The molecule has 3 aliphatic rings. The largest absolute Gasteiger partial charge is 0.458 e. The highest BCUT2D eigenvalue weighted by atomic mass is 16.5. The fourth-order valence-electron chi connectivity index (χ4n) is 6.19. The summed E-state index contributed by atoms with van der Waals surface area (Å²) in [5, 5.41) is 0. The van der Waals surface area contributed by atoms with Crippen molar-refractivity contribution >= 4 is 34.6 Å². The van der Waals surface area contributed by atoms with E-state index in [1.54, 1.807) is 0 Å². The number of anilines is 2. The van der Waals surface area contributed by atoms with Gasteiger partial charge in [0, 0.05) is 16.8 Å². The molecule has 0 saturated carbocycles. The van der Waals surface area contributed by atoms with Crippen LogP contribution in [0.1, 0.15) is 18.9 Å². The van der Waals surface area contributed by atoms with Crippen molar-refractivity contribution in [2.24, 2.45) is 0 Å². The van der Waals surface area contributed by atoms with Gasteiger partial charge in [-0.15, -0.1) is 0 Å². The molecule has 0 amide bonds. The second-order valence-electron chi connectivity index (χ2n) is 10.4. The molecule has 0 radical (unpaired) electrons. The van der Waals surface area contributed by atoms with Crippen LogP contribution in [0.4, 0.5) is 11.4 Å². The van der Waals surface area contributed by atoms with Gasteiger partial charge in [0.25, 0.3) is 6.71 Å². The third-order valence-corrected chi connectivity index (χ3v) is 8.00. The number of nitrogens with zero attached hydrogens (tertiary/aromatic N) is 1. The van der Waals surface area contributed by atoms with Crippen molar-refractivity contribution in [3.8, 4) is 17.2 Å². The predicted octanol–water partition coefficient (Wildman–Crippen LogP) is 7.90. The normalized spacial score (nSPS) is 16.9. The molecule has 4 heteroatoms. The van der Waals surface area contributed by atoms with Crippen molar-refractivity contribution in [1.82, 2.24) is 0 Å². The van der Waals surface area contributed by atoms with Crippen molar-refractivity contribution in [2.75, 3.05) is 4.90 Å². The van der Waals surface area contributed by atoms with E-state index in [2.05, 4.69) is 127 Å². The van der Waals surface area contributed by atoms with Gasteiger partial charge in [0.15, 0.2) is 0 Å². The highest BCUT2D eigenvalue weighted by Gasteiger charge is 2.40. The van der Waals surface area contributed by atoms with Crippen LogP contribution in [0.3, 0.4) is 0 Å². The zero-order valence-electron chi connectivity index (χ0n) is 23.0. The predicted molar refractivity (Wildman–Crippen MR) is 171 cm³/mol. The molecule has 0 bridgehead atoms. The van der Waals surface area contributed by atoms with E-state index in [4.69, 9.17) is 9.47 Å². The van der Waals surface area contributed by atoms with Crippen LogP contribution in [0.5, 0.6) is 17.2 Å². The molecule has 1 atom stereocenters. The lowest BCUT2D eigenvalue weighted by atomic mass is 9.34. The van der Waals surface area contributed by atoms with Crippen molar-refractivity contribution in [1.29, 1.82) is 0 Å². The number of allylic oxidation sites excluding steroid dienone is 6. The van der Waals surface area contributed by atoms with Crippen LogP contribution in [-0.2, 0) is 0 Å². The van der Waals surface area contributed by atoms with Gasteiger partial charge in [-0.2, -0.15) is 0 Å². The van der Waals surface area contributed by atoms with E-state index >= 15 is 0 Å². The van der Waals surface area contributed by atoms with Crippen LogP contribution in [0, 0.1) is 0 Å². The zero-order valence-corrected chi connectivity index (χ0v) is 23.0. The van der Waals surface area contributed by atoms with E-state index in [0.29, 0.717) is 0 Å². The first-order chi connectivity index (χ1) is 20.2. The van der Waals surface area contributed by atoms with Crippen molar-refractivity contribution in [2.45, 2.75) is 19.4 Å². The minimum absolute atomic E-state index is 0.0301. The molecule has 41 heavy (non-hydrogen) atoms. The summed E-state index contributed by atoms with van der Waals surface area (Å²) in [6.07, 6.45) is 13.7. The third kappa shape index (κ3) is 4.42. The molecule has 0 spiro atoms. The van der Waals surface area contributed by atoms with E-state index in [-0.39, 0.29) is 12.8 Å². The van der Waals surface area contributed by atoms with Crippen molar-refractivity contribution in [3.05, 3.63) is 157 Å². The maximum atomic E-state index is 6.51.